The van der Waals surface area contributed by atoms with Crippen LogP contribution in [0.1, 0.15) is 30.7 Å². The van der Waals surface area contributed by atoms with Gasteiger partial charge in [-0.3, -0.25) is 0 Å². The molecule has 8 heteroatoms. The van der Waals surface area contributed by atoms with Crippen molar-refractivity contribution in [2.45, 2.75) is 26.6 Å². The monoisotopic (exact) mass is 349 g/mol. The van der Waals surface area contributed by atoms with Gasteiger partial charge in [-0.2, -0.15) is 18.4 Å². The molecule has 0 fully saturated rings. The molecule has 0 unspecified atom stereocenters. The summed E-state index contributed by atoms with van der Waals surface area (Å²) in [6, 6.07) is 8.30. The molecule has 0 bridgehead atoms. The van der Waals surface area contributed by atoms with Crippen LogP contribution in [0.3, 0.4) is 0 Å². The summed E-state index contributed by atoms with van der Waals surface area (Å²) < 4.78 is 39.8. The normalized spacial score (nSPS) is 11.4. The van der Waals surface area contributed by atoms with E-state index < -0.39 is 11.9 Å². The number of rotatable bonds is 6. The summed E-state index contributed by atoms with van der Waals surface area (Å²) in [5.41, 5.74) is -0.157. The quantitative estimate of drug-likeness (QED) is 0.828. The highest BCUT2D eigenvalue weighted by Crippen LogP contribution is 2.31. The molecule has 2 rings (SSSR count). The van der Waals surface area contributed by atoms with Crippen LogP contribution in [0, 0.1) is 17.2 Å². The van der Waals surface area contributed by atoms with Crippen molar-refractivity contribution in [3.8, 4) is 6.07 Å². The van der Waals surface area contributed by atoms with Gasteiger partial charge >= 0.3 is 6.18 Å². The summed E-state index contributed by atoms with van der Waals surface area (Å²) in [7, 11) is 0. The molecule has 1 aromatic carbocycles. The SMILES string of the molecule is CC(C)CNCc1cnc(Nc2cccc(C#N)c2)nc1C(F)(F)F. The number of alkyl halides is 3. The molecule has 0 aliphatic heterocycles. The Kier molecular flexibility index (Phi) is 5.93. The molecular weight excluding hydrogens is 331 g/mol. The smallest absolute Gasteiger partial charge is 0.324 e. The minimum atomic E-state index is -4.58. The molecule has 5 nitrogen and oxygen atoms in total. The Labute approximate surface area is 143 Å². The van der Waals surface area contributed by atoms with Crippen LogP contribution in [0.2, 0.25) is 0 Å². The third-order valence-electron chi connectivity index (χ3n) is 3.25. The number of nitriles is 1. The fourth-order valence-corrected chi connectivity index (χ4v) is 2.13. The van der Waals surface area contributed by atoms with Gasteiger partial charge in [-0.1, -0.05) is 19.9 Å². The average molecular weight is 349 g/mol. The Morgan fingerprint density at radius 2 is 2.04 bits per heavy atom. The zero-order chi connectivity index (χ0) is 18.4. The topological polar surface area (TPSA) is 73.6 Å². The van der Waals surface area contributed by atoms with Crippen LogP contribution in [0.5, 0.6) is 0 Å². The Hall–Kier alpha value is -2.66. The summed E-state index contributed by atoms with van der Waals surface area (Å²) in [4.78, 5) is 7.58. The van der Waals surface area contributed by atoms with Gasteiger partial charge in [0.05, 0.1) is 11.6 Å². The first-order chi connectivity index (χ1) is 11.8. The number of nitrogens with one attached hydrogen (secondary N) is 2. The largest absolute Gasteiger partial charge is 0.433 e. The lowest BCUT2D eigenvalue weighted by Crippen LogP contribution is -2.23. The number of anilines is 2. The van der Waals surface area contributed by atoms with Gasteiger partial charge in [0.2, 0.25) is 5.95 Å². The second kappa shape index (κ2) is 7.94. The lowest BCUT2D eigenvalue weighted by molar-refractivity contribution is -0.141. The second-order valence-corrected chi connectivity index (χ2v) is 5.91. The maximum absolute atomic E-state index is 13.3. The Morgan fingerprint density at radius 1 is 1.28 bits per heavy atom. The van der Waals surface area contributed by atoms with Crippen molar-refractivity contribution in [3.63, 3.8) is 0 Å². The van der Waals surface area contributed by atoms with Crippen LogP contribution in [0.4, 0.5) is 24.8 Å². The van der Waals surface area contributed by atoms with Crippen molar-refractivity contribution < 1.29 is 13.2 Å². The summed E-state index contributed by atoms with van der Waals surface area (Å²) in [5.74, 6) is 0.152. The molecule has 0 radical (unpaired) electrons. The molecule has 1 aromatic heterocycles. The van der Waals surface area contributed by atoms with E-state index in [2.05, 4.69) is 20.6 Å². The van der Waals surface area contributed by atoms with Gasteiger partial charge in [-0.15, -0.1) is 0 Å². The molecule has 2 aromatic rings. The summed E-state index contributed by atoms with van der Waals surface area (Å²) in [6.45, 7) is 4.57. The molecule has 132 valence electrons. The second-order valence-electron chi connectivity index (χ2n) is 5.91. The van der Waals surface area contributed by atoms with E-state index in [1.54, 1.807) is 18.2 Å². The van der Waals surface area contributed by atoms with Crippen molar-refractivity contribution in [1.82, 2.24) is 15.3 Å². The molecule has 0 atom stereocenters. The molecule has 0 aliphatic carbocycles. The van der Waals surface area contributed by atoms with Crippen LogP contribution >= 0.6 is 0 Å². The summed E-state index contributed by atoms with van der Waals surface area (Å²) in [5, 5.41) is 14.5. The molecule has 2 N–H and O–H groups in total. The number of aromatic nitrogens is 2. The molecule has 0 spiro atoms. The Morgan fingerprint density at radius 3 is 2.68 bits per heavy atom. The van der Waals surface area contributed by atoms with E-state index in [1.165, 1.54) is 12.3 Å². The number of nitrogens with zero attached hydrogens (tertiary/aromatic N) is 3. The van der Waals surface area contributed by atoms with Gasteiger partial charge in [0.25, 0.3) is 0 Å². The minimum absolute atomic E-state index is 0.00974. The van der Waals surface area contributed by atoms with Crippen molar-refractivity contribution >= 4 is 11.6 Å². The van der Waals surface area contributed by atoms with Crippen molar-refractivity contribution in [2.75, 3.05) is 11.9 Å². The van der Waals surface area contributed by atoms with Crippen LogP contribution in [-0.2, 0) is 12.7 Å². The molecule has 0 saturated carbocycles. The van der Waals surface area contributed by atoms with E-state index in [9.17, 15) is 13.2 Å². The fraction of sp³-hybridized carbons (Fsp3) is 0.353. The summed E-state index contributed by atoms with van der Waals surface area (Å²) >= 11 is 0. The molecular formula is C17H18F3N5. The average Bonchev–Trinajstić information content (AvgIpc) is 2.55. The number of hydrogen-bond acceptors (Lipinski definition) is 5. The van der Waals surface area contributed by atoms with Gasteiger partial charge in [0.15, 0.2) is 5.69 Å². The van der Waals surface area contributed by atoms with Crippen LogP contribution in [0.15, 0.2) is 30.5 Å². The lowest BCUT2D eigenvalue weighted by Gasteiger charge is -2.14. The van der Waals surface area contributed by atoms with Crippen LogP contribution < -0.4 is 10.6 Å². The highest BCUT2D eigenvalue weighted by atomic mass is 19.4. The van der Waals surface area contributed by atoms with Gasteiger partial charge in [0, 0.05) is 24.0 Å². The molecule has 0 amide bonds. The van der Waals surface area contributed by atoms with E-state index >= 15 is 0 Å². The summed E-state index contributed by atoms with van der Waals surface area (Å²) in [6.07, 6.45) is -3.41. The maximum Gasteiger partial charge on any atom is 0.433 e. The van der Waals surface area contributed by atoms with E-state index in [4.69, 9.17) is 5.26 Å². The van der Waals surface area contributed by atoms with Gasteiger partial charge in [0.1, 0.15) is 0 Å². The predicted octanol–water partition coefficient (Wildman–Crippen LogP) is 3.86. The third-order valence-corrected chi connectivity index (χ3v) is 3.25. The number of halogens is 3. The number of benzene rings is 1. The van der Waals surface area contributed by atoms with E-state index in [0.717, 1.165) is 0 Å². The fourth-order valence-electron chi connectivity index (χ4n) is 2.13. The maximum atomic E-state index is 13.3. The van der Waals surface area contributed by atoms with E-state index in [0.29, 0.717) is 23.7 Å². The standard InChI is InChI=1S/C17H18F3N5/c1-11(2)8-22-9-13-10-23-16(25-15(13)17(18,19)20)24-14-5-3-4-12(6-14)7-21/h3-6,10-11,22H,8-9H2,1-2H3,(H,23,24,25). The Bertz CT molecular complexity index is 766. The predicted molar refractivity (Wildman–Crippen MR) is 88.0 cm³/mol. The van der Waals surface area contributed by atoms with Crippen LogP contribution in [0.25, 0.3) is 0 Å². The first kappa shape index (κ1) is 18.7. The molecule has 25 heavy (non-hydrogen) atoms. The zero-order valence-corrected chi connectivity index (χ0v) is 13.9. The Balaban J connectivity index is 2.24. The zero-order valence-electron chi connectivity index (χ0n) is 13.9. The molecule has 0 aliphatic rings. The van der Waals surface area contributed by atoms with Gasteiger partial charge < -0.3 is 10.6 Å². The van der Waals surface area contributed by atoms with E-state index in [-0.39, 0.29) is 18.1 Å². The van der Waals surface area contributed by atoms with Crippen molar-refractivity contribution in [2.24, 2.45) is 5.92 Å². The minimum Gasteiger partial charge on any atom is -0.324 e. The van der Waals surface area contributed by atoms with Crippen molar-refractivity contribution in [1.29, 1.82) is 5.26 Å². The molecule has 0 saturated heterocycles. The number of hydrogen-bond donors (Lipinski definition) is 2. The van der Waals surface area contributed by atoms with Gasteiger partial charge in [-0.25, -0.2) is 9.97 Å². The first-order valence-electron chi connectivity index (χ1n) is 7.70. The van der Waals surface area contributed by atoms with E-state index in [1.807, 2.05) is 19.9 Å². The molecule has 1 heterocycles. The van der Waals surface area contributed by atoms with Gasteiger partial charge in [-0.05, 0) is 30.7 Å². The highest BCUT2D eigenvalue weighted by molar-refractivity contribution is 5.56. The first-order valence-corrected chi connectivity index (χ1v) is 7.70. The lowest BCUT2D eigenvalue weighted by atomic mass is 10.2. The third kappa shape index (κ3) is 5.43. The highest BCUT2D eigenvalue weighted by Gasteiger charge is 2.36. The van der Waals surface area contributed by atoms with Crippen LogP contribution in [-0.4, -0.2) is 16.5 Å². The van der Waals surface area contributed by atoms with Crippen molar-refractivity contribution in [3.05, 3.63) is 47.3 Å².